The Hall–Kier alpha value is -1.76. The van der Waals surface area contributed by atoms with Gasteiger partial charge in [-0.25, -0.2) is 0 Å². The zero-order valence-corrected chi connectivity index (χ0v) is 21.4. The molecule has 0 saturated heterocycles. The minimum atomic E-state index is 1.21. The van der Waals surface area contributed by atoms with Crippen LogP contribution in [0.1, 0.15) is 115 Å². The Morgan fingerprint density at radius 1 is 0.438 bits per heavy atom. The maximum Gasteiger partial charge on any atom is 0.0408 e. The number of unbranched alkanes of at least 4 members (excludes halogenated alkanes) is 12. The van der Waals surface area contributed by atoms with E-state index in [1.807, 2.05) is 0 Å². The minimum absolute atomic E-state index is 1.21. The van der Waals surface area contributed by atoms with Crippen LogP contribution in [-0.2, 0) is 12.8 Å². The molecule has 0 N–H and O–H groups in total. The smallest absolute Gasteiger partial charge is 0.0408 e. The number of benzene rings is 2. The molecule has 1 nitrogen and oxygen atoms in total. The second-order valence-electron chi connectivity index (χ2n) is 9.63. The topological polar surface area (TPSA) is 3.24 Å². The second kappa shape index (κ2) is 16.8. The monoisotopic (exact) mass is 435 g/mol. The standard InChI is InChI=1S/C31H49N/c1-4-6-8-10-12-14-16-18-28-20-24-30(25-21-28)32(3)31-26-22-29(23-27-31)19-17-15-13-11-9-7-5-2/h20-27H,4-19H2,1-3H3. The normalized spacial score (nSPS) is 11.1. The van der Waals surface area contributed by atoms with Crippen molar-refractivity contribution in [3.8, 4) is 0 Å². The fraction of sp³-hybridized carbons (Fsp3) is 0.613. The van der Waals surface area contributed by atoms with E-state index in [0.717, 1.165) is 0 Å². The summed E-state index contributed by atoms with van der Waals surface area (Å²) in [5.74, 6) is 0. The molecule has 0 atom stereocenters. The third kappa shape index (κ3) is 10.7. The van der Waals surface area contributed by atoms with Crippen molar-refractivity contribution in [2.45, 2.75) is 117 Å². The average molecular weight is 436 g/mol. The van der Waals surface area contributed by atoms with Gasteiger partial charge in [0.2, 0.25) is 0 Å². The number of anilines is 2. The molecule has 0 aliphatic heterocycles. The molecule has 0 radical (unpaired) electrons. The zero-order valence-electron chi connectivity index (χ0n) is 21.4. The molecule has 0 saturated carbocycles. The van der Waals surface area contributed by atoms with E-state index in [1.165, 1.54) is 125 Å². The summed E-state index contributed by atoms with van der Waals surface area (Å²) in [7, 11) is 2.18. The van der Waals surface area contributed by atoms with Crippen LogP contribution in [0.15, 0.2) is 48.5 Å². The molecule has 0 aliphatic carbocycles. The molecule has 2 rings (SSSR count). The number of hydrogen-bond donors (Lipinski definition) is 0. The van der Waals surface area contributed by atoms with Gasteiger partial charge in [0.25, 0.3) is 0 Å². The lowest BCUT2D eigenvalue weighted by Crippen LogP contribution is -2.09. The Balaban J connectivity index is 1.69. The first-order chi connectivity index (χ1) is 15.7. The number of rotatable bonds is 18. The van der Waals surface area contributed by atoms with Crippen molar-refractivity contribution in [3.63, 3.8) is 0 Å². The van der Waals surface area contributed by atoms with E-state index in [2.05, 4.69) is 74.3 Å². The van der Waals surface area contributed by atoms with Gasteiger partial charge in [0, 0.05) is 18.4 Å². The van der Waals surface area contributed by atoms with Crippen molar-refractivity contribution in [2.24, 2.45) is 0 Å². The SMILES string of the molecule is CCCCCCCCCc1ccc(N(C)c2ccc(CCCCCCCCC)cc2)cc1. The molecule has 2 aromatic carbocycles. The molecule has 0 spiro atoms. The van der Waals surface area contributed by atoms with E-state index >= 15 is 0 Å². The first kappa shape index (κ1) is 26.5. The van der Waals surface area contributed by atoms with Crippen molar-refractivity contribution >= 4 is 11.4 Å². The lowest BCUT2D eigenvalue weighted by Gasteiger charge is -2.20. The molecule has 32 heavy (non-hydrogen) atoms. The lowest BCUT2D eigenvalue weighted by atomic mass is 10.0. The summed E-state index contributed by atoms with van der Waals surface area (Å²) in [6, 6.07) is 18.4. The van der Waals surface area contributed by atoms with Gasteiger partial charge in [0.1, 0.15) is 0 Å². The molecule has 1 heteroatoms. The van der Waals surface area contributed by atoms with Crippen molar-refractivity contribution in [1.29, 1.82) is 0 Å². The Kier molecular flexibility index (Phi) is 13.9. The van der Waals surface area contributed by atoms with Crippen LogP contribution in [0.2, 0.25) is 0 Å². The predicted molar refractivity (Wildman–Crippen MR) is 144 cm³/mol. The van der Waals surface area contributed by atoms with E-state index in [9.17, 15) is 0 Å². The van der Waals surface area contributed by atoms with Gasteiger partial charge in [0.15, 0.2) is 0 Å². The summed E-state index contributed by atoms with van der Waals surface area (Å²) in [6.45, 7) is 4.57. The Morgan fingerprint density at radius 2 is 0.750 bits per heavy atom. The van der Waals surface area contributed by atoms with Crippen molar-refractivity contribution in [3.05, 3.63) is 59.7 Å². The maximum absolute atomic E-state index is 2.32. The predicted octanol–water partition coefficient (Wildman–Crippen LogP) is 10.0. The molecule has 0 fully saturated rings. The van der Waals surface area contributed by atoms with Gasteiger partial charge in [-0.1, -0.05) is 115 Å². The summed E-state index contributed by atoms with van der Waals surface area (Å²) < 4.78 is 0. The van der Waals surface area contributed by atoms with Crippen molar-refractivity contribution < 1.29 is 0 Å². The fourth-order valence-corrected chi connectivity index (χ4v) is 4.49. The van der Waals surface area contributed by atoms with Crippen LogP contribution in [0.3, 0.4) is 0 Å². The number of hydrogen-bond acceptors (Lipinski definition) is 1. The highest BCUT2D eigenvalue weighted by molar-refractivity contribution is 5.62. The van der Waals surface area contributed by atoms with Crippen molar-refractivity contribution in [1.82, 2.24) is 0 Å². The summed E-state index contributed by atoms with van der Waals surface area (Å²) in [5, 5.41) is 0. The van der Waals surface area contributed by atoms with Gasteiger partial charge >= 0.3 is 0 Å². The van der Waals surface area contributed by atoms with Crippen LogP contribution in [0, 0.1) is 0 Å². The maximum atomic E-state index is 2.32. The second-order valence-corrected chi connectivity index (χ2v) is 9.63. The molecule has 0 bridgehead atoms. The van der Waals surface area contributed by atoms with Crippen LogP contribution in [0.4, 0.5) is 11.4 Å². The van der Waals surface area contributed by atoms with E-state index in [-0.39, 0.29) is 0 Å². The summed E-state index contributed by atoms with van der Waals surface area (Å²) in [5.41, 5.74) is 5.49. The largest absolute Gasteiger partial charge is 0.345 e. The highest BCUT2D eigenvalue weighted by Crippen LogP contribution is 2.25. The van der Waals surface area contributed by atoms with Gasteiger partial charge < -0.3 is 4.90 Å². The summed E-state index contributed by atoms with van der Waals surface area (Å²) >= 11 is 0. The Bertz CT molecular complexity index is 624. The van der Waals surface area contributed by atoms with E-state index < -0.39 is 0 Å². The molecule has 0 heterocycles. The van der Waals surface area contributed by atoms with Crippen molar-refractivity contribution in [2.75, 3.05) is 11.9 Å². The van der Waals surface area contributed by atoms with Gasteiger partial charge in [-0.15, -0.1) is 0 Å². The Labute approximate surface area is 199 Å². The quantitative estimate of drug-likeness (QED) is 0.210. The summed E-state index contributed by atoms with van der Waals surface area (Å²) in [6.07, 6.45) is 21.7. The van der Waals surface area contributed by atoms with Crippen LogP contribution in [-0.4, -0.2) is 7.05 Å². The number of aryl methyl sites for hydroxylation is 2. The van der Waals surface area contributed by atoms with Gasteiger partial charge in [0.05, 0.1) is 0 Å². The van der Waals surface area contributed by atoms with Crippen LogP contribution >= 0.6 is 0 Å². The van der Waals surface area contributed by atoms with Crippen LogP contribution in [0.25, 0.3) is 0 Å². The molecule has 0 aliphatic rings. The minimum Gasteiger partial charge on any atom is -0.345 e. The summed E-state index contributed by atoms with van der Waals surface area (Å²) in [4.78, 5) is 2.30. The van der Waals surface area contributed by atoms with Gasteiger partial charge in [-0.2, -0.15) is 0 Å². The highest BCUT2D eigenvalue weighted by Gasteiger charge is 2.05. The molecule has 0 amide bonds. The number of nitrogens with zero attached hydrogens (tertiary/aromatic N) is 1. The van der Waals surface area contributed by atoms with Gasteiger partial charge in [-0.05, 0) is 61.1 Å². The lowest BCUT2D eigenvalue weighted by molar-refractivity contribution is 0.589. The van der Waals surface area contributed by atoms with Gasteiger partial charge in [-0.3, -0.25) is 0 Å². The first-order valence-electron chi connectivity index (χ1n) is 13.7. The molecular formula is C31H49N. The van der Waals surface area contributed by atoms with E-state index in [1.54, 1.807) is 0 Å². The van der Waals surface area contributed by atoms with E-state index in [4.69, 9.17) is 0 Å². The highest BCUT2D eigenvalue weighted by atomic mass is 15.1. The zero-order chi connectivity index (χ0) is 22.9. The fourth-order valence-electron chi connectivity index (χ4n) is 4.49. The third-order valence-corrected chi connectivity index (χ3v) is 6.79. The average Bonchev–Trinajstić information content (AvgIpc) is 2.83. The molecule has 178 valence electrons. The molecule has 0 aromatic heterocycles. The van der Waals surface area contributed by atoms with E-state index in [0.29, 0.717) is 0 Å². The molecule has 2 aromatic rings. The molecule has 0 unspecified atom stereocenters. The van der Waals surface area contributed by atoms with Crippen LogP contribution in [0.5, 0.6) is 0 Å². The van der Waals surface area contributed by atoms with Crippen LogP contribution < -0.4 is 4.90 Å². The molecular weight excluding hydrogens is 386 g/mol. The Morgan fingerprint density at radius 3 is 1.09 bits per heavy atom. The third-order valence-electron chi connectivity index (χ3n) is 6.79. The first-order valence-corrected chi connectivity index (χ1v) is 13.7.